The Morgan fingerprint density at radius 1 is 0.909 bits per heavy atom. The minimum atomic E-state index is -1.21. The van der Waals surface area contributed by atoms with E-state index in [1.807, 2.05) is 54.6 Å². The molecule has 0 aromatic heterocycles. The number of aliphatic hydroxyl groups excluding tert-OH is 1. The van der Waals surface area contributed by atoms with Crippen LogP contribution < -0.4 is 14.8 Å². The molecular formula is C26H26N2O5. The number of nitrogens with zero attached hydrogens (tertiary/aromatic N) is 1. The van der Waals surface area contributed by atoms with Crippen LogP contribution in [0, 0.1) is 0 Å². The molecule has 7 nitrogen and oxygen atoms in total. The number of amides is 3. The fourth-order valence-electron chi connectivity index (χ4n) is 3.81. The van der Waals surface area contributed by atoms with Crippen molar-refractivity contribution in [1.82, 2.24) is 10.2 Å². The van der Waals surface area contributed by atoms with E-state index in [2.05, 4.69) is 5.32 Å². The molecule has 1 fully saturated rings. The van der Waals surface area contributed by atoms with Gasteiger partial charge < -0.3 is 19.9 Å². The van der Waals surface area contributed by atoms with E-state index in [4.69, 9.17) is 9.47 Å². The largest absolute Gasteiger partial charge is 0.497 e. The van der Waals surface area contributed by atoms with Gasteiger partial charge in [-0.2, -0.15) is 0 Å². The van der Waals surface area contributed by atoms with Crippen molar-refractivity contribution in [3.63, 3.8) is 0 Å². The number of nitrogens with one attached hydrogen (secondary N) is 1. The lowest BCUT2D eigenvalue weighted by Gasteiger charge is -2.23. The minimum absolute atomic E-state index is 0.0546. The molecule has 1 saturated heterocycles. The summed E-state index contributed by atoms with van der Waals surface area (Å²) in [7, 11) is 1.56. The van der Waals surface area contributed by atoms with Gasteiger partial charge in [-0.05, 0) is 47.9 Å². The zero-order valence-corrected chi connectivity index (χ0v) is 18.5. The molecule has 1 aliphatic heterocycles. The summed E-state index contributed by atoms with van der Waals surface area (Å²) < 4.78 is 10.8. The zero-order valence-electron chi connectivity index (χ0n) is 18.5. The average molecular weight is 447 g/mol. The quantitative estimate of drug-likeness (QED) is 0.517. The van der Waals surface area contributed by atoms with Crippen molar-refractivity contribution in [2.75, 3.05) is 20.3 Å². The summed E-state index contributed by atoms with van der Waals surface area (Å²) >= 11 is 0. The van der Waals surface area contributed by atoms with E-state index in [0.717, 1.165) is 16.0 Å². The van der Waals surface area contributed by atoms with Crippen LogP contribution in [-0.2, 0) is 10.3 Å². The van der Waals surface area contributed by atoms with Gasteiger partial charge in [0.25, 0.3) is 5.91 Å². The Labute approximate surface area is 192 Å². The van der Waals surface area contributed by atoms with Crippen LogP contribution in [0.2, 0.25) is 0 Å². The second-order valence-electron chi connectivity index (χ2n) is 8.05. The molecule has 0 spiro atoms. The summed E-state index contributed by atoms with van der Waals surface area (Å²) in [6, 6.07) is 23.9. The molecule has 2 unspecified atom stereocenters. The number of aliphatic hydroxyl groups is 1. The van der Waals surface area contributed by atoms with Gasteiger partial charge in [-0.1, -0.05) is 54.6 Å². The summed E-state index contributed by atoms with van der Waals surface area (Å²) in [5.41, 5.74) is 1.58. The molecule has 170 valence electrons. The Morgan fingerprint density at radius 3 is 2.15 bits per heavy atom. The number of urea groups is 1. The second kappa shape index (κ2) is 9.34. The maximum atomic E-state index is 13.0. The molecule has 0 aliphatic carbocycles. The van der Waals surface area contributed by atoms with E-state index >= 15 is 0 Å². The van der Waals surface area contributed by atoms with Crippen molar-refractivity contribution in [1.29, 1.82) is 0 Å². The maximum Gasteiger partial charge on any atom is 0.325 e. The van der Waals surface area contributed by atoms with Gasteiger partial charge in [-0.15, -0.1) is 0 Å². The van der Waals surface area contributed by atoms with E-state index in [1.165, 1.54) is 0 Å². The molecule has 0 bridgehead atoms. The minimum Gasteiger partial charge on any atom is -0.497 e. The van der Waals surface area contributed by atoms with Crippen LogP contribution in [0.4, 0.5) is 4.79 Å². The number of imide groups is 1. The zero-order chi connectivity index (χ0) is 23.4. The van der Waals surface area contributed by atoms with Crippen LogP contribution in [0.3, 0.4) is 0 Å². The Bertz CT molecular complexity index is 1120. The SMILES string of the molecule is COc1ccc(C2(C)NC(=O)N(CC(O)COc3ccc(-c4ccccc4)cc3)C2=O)cc1. The number of hydrogen-bond donors (Lipinski definition) is 2. The standard InChI is InChI=1S/C26H26N2O5/c1-26(20-10-14-22(32-2)15-11-20)24(30)28(25(31)27-26)16-21(29)17-33-23-12-8-19(9-13-23)18-6-4-3-5-7-18/h3-15,21,29H,16-17H2,1-2H3,(H,27,31). The summed E-state index contributed by atoms with van der Waals surface area (Å²) in [6.45, 7) is 1.42. The van der Waals surface area contributed by atoms with E-state index in [0.29, 0.717) is 17.1 Å². The summed E-state index contributed by atoms with van der Waals surface area (Å²) in [5, 5.41) is 13.2. The highest BCUT2D eigenvalue weighted by molar-refractivity contribution is 6.07. The molecule has 3 aromatic carbocycles. The van der Waals surface area contributed by atoms with Crippen LogP contribution in [-0.4, -0.2) is 48.3 Å². The second-order valence-corrected chi connectivity index (χ2v) is 8.05. The highest BCUT2D eigenvalue weighted by Crippen LogP contribution is 2.30. The number of methoxy groups -OCH3 is 1. The monoisotopic (exact) mass is 446 g/mol. The molecule has 1 aliphatic rings. The number of β-amino-alcohol motifs (C(OH)–C–C–N with tert-alkyl or cyclic N) is 1. The highest BCUT2D eigenvalue weighted by Gasteiger charge is 2.49. The van der Waals surface area contributed by atoms with Crippen molar-refractivity contribution in [3.05, 3.63) is 84.4 Å². The molecule has 2 N–H and O–H groups in total. The summed E-state index contributed by atoms with van der Waals surface area (Å²) in [6.07, 6.45) is -1.04. The fourth-order valence-corrected chi connectivity index (χ4v) is 3.81. The molecular weight excluding hydrogens is 420 g/mol. The van der Waals surface area contributed by atoms with Crippen LogP contribution in [0.5, 0.6) is 11.5 Å². The molecule has 2 atom stereocenters. The summed E-state index contributed by atoms with van der Waals surface area (Å²) in [4.78, 5) is 26.6. The van der Waals surface area contributed by atoms with Gasteiger partial charge in [0.15, 0.2) is 0 Å². The van der Waals surface area contributed by atoms with Gasteiger partial charge >= 0.3 is 6.03 Å². The third kappa shape index (κ3) is 4.68. The normalized spacial score (nSPS) is 18.7. The Hall–Kier alpha value is -3.84. The van der Waals surface area contributed by atoms with Gasteiger partial charge in [0.05, 0.1) is 13.7 Å². The molecule has 3 aromatic rings. The Morgan fingerprint density at radius 2 is 1.52 bits per heavy atom. The first-order valence-corrected chi connectivity index (χ1v) is 10.7. The average Bonchev–Trinajstić information content (AvgIpc) is 3.07. The van der Waals surface area contributed by atoms with Crippen LogP contribution in [0.15, 0.2) is 78.9 Å². The number of hydrogen-bond acceptors (Lipinski definition) is 5. The van der Waals surface area contributed by atoms with Gasteiger partial charge in [-0.25, -0.2) is 4.79 Å². The Kier molecular flexibility index (Phi) is 6.33. The van der Waals surface area contributed by atoms with E-state index < -0.39 is 23.6 Å². The number of rotatable bonds is 8. The first-order valence-electron chi connectivity index (χ1n) is 10.7. The van der Waals surface area contributed by atoms with E-state index in [1.54, 1.807) is 38.3 Å². The molecule has 3 amide bonds. The van der Waals surface area contributed by atoms with Crippen LogP contribution in [0.1, 0.15) is 12.5 Å². The van der Waals surface area contributed by atoms with Crippen molar-refractivity contribution in [2.45, 2.75) is 18.6 Å². The lowest BCUT2D eigenvalue weighted by Crippen LogP contribution is -2.42. The van der Waals surface area contributed by atoms with Crippen molar-refractivity contribution < 1.29 is 24.2 Å². The maximum absolute atomic E-state index is 13.0. The lowest BCUT2D eigenvalue weighted by atomic mass is 9.92. The topological polar surface area (TPSA) is 88.1 Å². The van der Waals surface area contributed by atoms with Gasteiger partial charge in [0, 0.05) is 0 Å². The van der Waals surface area contributed by atoms with Crippen molar-refractivity contribution in [3.8, 4) is 22.6 Å². The van der Waals surface area contributed by atoms with Crippen LogP contribution in [0.25, 0.3) is 11.1 Å². The highest BCUT2D eigenvalue weighted by atomic mass is 16.5. The predicted molar refractivity (Wildman–Crippen MR) is 124 cm³/mol. The summed E-state index contributed by atoms with van der Waals surface area (Å²) in [5.74, 6) is 0.818. The van der Waals surface area contributed by atoms with Gasteiger partial charge in [0.2, 0.25) is 0 Å². The molecule has 7 heteroatoms. The molecule has 4 rings (SSSR count). The van der Waals surface area contributed by atoms with Gasteiger partial charge in [0.1, 0.15) is 29.7 Å². The number of benzene rings is 3. The van der Waals surface area contributed by atoms with Gasteiger partial charge in [-0.3, -0.25) is 9.69 Å². The first kappa shape index (κ1) is 22.4. The van der Waals surface area contributed by atoms with E-state index in [9.17, 15) is 14.7 Å². The smallest absolute Gasteiger partial charge is 0.325 e. The van der Waals surface area contributed by atoms with E-state index in [-0.39, 0.29) is 13.2 Å². The number of ether oxygens (including phenoxy) is 2. The fraction of sp³-hybridized carbons (Fsp3) is 0.231. The predicted octanol–water partition coefficient (Wildman–Crippen LogP) is 3.57. The Balaban J connectivity index is 1.35. The molecule has 1 heterocycles. The lowest BCUT2D eigenvalue weighted by molar-refractivity contribution is -0.132. The molecule has 0 radical (unpaired) electrons. The molecule has 0 saturated carbocycles. The number of carbonyl (C=O) groups is 2. The van der Waals surface area contributed by atoms with Crippen molar-refractivity contribution in [2.24, 2.45) is 0 Å². The number of carbonyl (C=O) groups excluding carboxylic acids is 2. The molecule has 33 heavy (non-hydrogen) atoms. The third-order valence-electron chi connectivity index (χ3n) is 5.74. The van der Waals surface area contributed by atoms with Crippen molar-refractivity contribution >= 4 is 11.9 Å². The first-order chi connectivity index (χ1) is 15.9. The third-order valence-corrected chi connectivity index (χ3v) is 5.74. The van der Waals surface area contributed by atoms with Crippen LogP contribution >= 0.6 is 0 Å².